The molecule has 1 amide bonds. The Morgan fingerprint density at radius 1 is 0.886 bits per heavy atom. The summed E-state index contributed by atoms with van der Waals surface area (Å²) in [5.74, 6) is 0.200. The smallest absolute Gasteiger partial charge is 0.271 e. The second-order valence-electron chi connectivity index (χ2n) is 7.75. The quantitative estimate of drug-likeness (QED) is 0.264. The van der Waals surface area contributed by atoms with Crippen molar-refractivity contribution in [3.05, 3.63) is 102 Å². The molecule has 0 bridgehead atoms. The van der Waals surface area contributed by atoms with Crippen LogP contribution in [0.25, 0.3) is 10.8 Å². The van der Waals surface area contributed by atoms with Gasteiger partial charge in [-0.15, -0.1) is 0 Å². The molecule has 35 heavy (non-hydrogen) atoms. The Kier molecular flexibility index (Phi) is 7.12. The fourth-order valence-electron chi connectivity index (χ4n) is 3.59. The van der Waals surface area contributed by atoms with Gasteiger partial charge in [-0.25, -0.2) is 13.8 Å². The van der Waals surface area contributed by atoms with Crippen molar-refractivity contribution in [2.24, 2.45) is 5.10 Å². The van der Waals surface area contributed by atoms with Gasteiger partial charge in [0.1, 0.15) is 5.75 Å². The maximum Gasteiger partial charge on any atom is 0.271 e. The van der Waals surface area contributed by atoms with Crippen LogP contribution in [0.15, 0.2) is 101 Å². The van der Waals surface area contributed by atoms with Gasteiger partial charge in [-0.3, -0.25) is 9.52 Å². The van der Waals surface area contributed by atoms with Gasteiger partial charge in [-0.1, -0.05) is 42.5 Å². The highest BCUT2D eigenvalue weighted by Crippen LogP contribution is 2.21. The van der Waals surface area contributed by atoms with E-state index in [9.17, 15) is 13.2 Å². The molecular weight excluding hydrogens is 462 g/mol. The zero-order valence-electron chi connectivity index (χ0n) is 19.4. The Hall–Kier alpha value is -4.17. The molecule has 4 rings (SSSR count). The number of anilines is 1. The summed E-state index contributed by atoms with van der Waals surface area (Å²) in [5.41, 5.74) is 4.87. The van der Waals surface area contributed by atoms with Crippen molar-refractivity contribution in [1.82, 2.24) is 5.43 Å². The average molecular weight is 488 g/mol. The Balaban J connectivity index is 1.43. The molecule has 0 spiro atoms. The van der Waals surface area contributed by atoms with Crippen LogP contribution in [0.5, 0.6) is 5.75 Å². The van der Waals surface area contributed by atoms with Crippen LogP contribution in [0.1, 0.15) is 29.8 Å². The number of benzene rings is 4. The normalized spacial score (nSPS) is 11.8. The number of nitrogens with one attached hydrogen (secondary N) is 2. The van der Waals surface area contributed by atoms with Crippen molar-refractivity contribution >= 4 is 38.1 Å². The van der Waals surface area contributed by atoms with Gasteiger partial charge >= 0.3 is 0 Å². The van der Waals surface area contributed by atoms with Crippen LogP contribution in [0.3, 0.4) is 0 Å². The molecule has 0 saturated heterocycles. The van der Waals surface area contributed by atoms with Crippen LogP contribution in [-0.4, -0.2) is 26.6 Å². The fourth-order valence-corrected chi connectivity index (χ4v) is 4.64. The summed E-state index contributed by atoms with van der Waals surface area (Å²) in [5, 5.41) is 6.40. The van der Waals surface area contributed by atoms with Crippen LogP contribution in [0.4, 0.5) is 5.69 Å². The van der Waals surface area contributed by atoms with Gasteiger partial charge < -0.3 is 4.74 Å². The van der Waals surface area contributed by atoms with Crippen molar-refractivity contribution < 1.29 is 17.9 Å². The minimum Gasteiger partial charge on any atom is -0.494 e. The topological polar surface area (TPSA) is 96.9 Å². The first kappa shape index (κ1) is 24.0. The van der Waals surface area contributed by atoms with Crippen molar-refractivity contribution in [2.45, 2.75) is 18.7 Å². The Labute approximate surface area is 204 Å². The highest BCUT2D eigenvalue weighted by atomic mass is 32.2. The molecule has 0 fully saturated rings. The zero-order valence-corrected chi connectivity index (χ0v) is 20.2. The highest BCUT2D eigenvalue weighted by Gasteiger charge is 2.15. The summed E-state index contributed by atoms with van der Waals surface area (Å²) in [6.45, 7) is 4.19. The van der Waals surface area contributed by atoms with Crippen LogP contribution >= 0.6 is 0 Å². The van der Waals surface area contributed by atoms with Gasteiger partial charge in [-0.05, 0) is 73.2 Å². The third kappa shape index (κ3) is 5.67. The van der Waals surface area contributed by atoms with Crippen molar-refractivity contribution in [3.63, 3.8) is 0 Å². The molecule has 0 saturated carbocycles. The molecule has 4 aromatic carbocycles. The minimum absolute atomic E-state index is 0.112. The molecule has 178 valence electrons. The molecule has 0 heterocycles. The van der Waals surface area contributed by atoms with E-state index in [1.165, 1.54) is 36.4 Å². The van der Waals surface area contributed by atoms with Crippen molar-refractivity contribution in [1.29, 1.82) is 0 Å². The Bertz CT molecular complexity index is 1470. The van der Waals surface area contributed by atoms with Gasteiger partial charge in [0.15, 0.2) is 0 Å². The maximum atomic E-state index is 12.6. The standard InChI is InChI=1S/C27H25N3O4S/c1-3-34-23-15-17-24(18-16-23)35(32,33)30-22-13-11-21(12-14-22)27(31)29-28-19(2)25-10-6-8-20-7-4-5-9-26(20)25/h4-18,30H,3H2,1-2H3,(H,29,31)/b28-19-. The number of ether oxygens (including phenoxy) is 1. The zero-order chi connectivity index (χ0) is 24.8. The van der Waals surface area contributed by atoms with Crippen LogP contribution in [0, 0.1) is 0 Å². The third-order valence-electron chi connectivity index (χ3n) is 5.35. The van der Waals surface area contributed by atoms with Gasteiger partial charge in [0.05, 0.1) is 17.2 Å². The average Bonchev–Trinajstić information content (AvgIpc) is 2.87. The van der Waals surface area contributed by atoms with Gasteiger partial charge in [0, 0.05) is 16.8 Å². The lowest BCUT2D eigenvalue weighted by Gasteiger charge is -2.10. The van der Waals surface area contributed by atoms with E-state index in [2.05, 4.69) is 15.2 Å². The summed E-state index contributed by atoms with van der Waals surface area (Å²) in [6, 6.07) is 26.2. The van der Waals surface area contributed by atoms with Gasteiger partial charge in [0.25, 0.3) is 15.9 Å². The van der Waals surface area contributed by atoms with E-state index in [4.69, 9.17) is 4.74 Å². The van der Waals surface area contributed by atoms with Crippen molar-refractivity contribution in [2.75, 3.05) is 11.3 Å². The summed E-state index contributed by atoms with van der Waals surface area (Å²) in [4.78, 5) is 12.7. The molecule has 7 nitrogen and oxygen atoms in total. The predicted octanol–water partition coefficient (Wildman–Crippen LogP) is 5.19. The van der Waals surface area contributed by atoms with E-state index in [0.717, 1.165) is 16.3 Å². The number of carbonyl (C=O) groups excluding carboxylic acids is 1. The molecular formula is C27H25N3O4S. The van der Waals surface area contributed by atoms with E-state index in [-0.39, 0.29) is 4.90 Å². The molecule has 0 atom stereocenters. The fraction of sp³-hybridized carbons (Fsp3) is 0.111. The first-order valence-electron chi connectivity index (χ1n) is 11.1. The number of rotatable bonds is 8. The lowest BCUT2D eigenvalue weighted by molar-refractivity contribution is 0.0955. The molecule has 0 aliphatic heterocycles. The lowest BCUT2D eigenvalue weighted by Crippen LogP contribution is -2.19. The van der Waals surface area contributed by atoms with E-state index >= 15 is 0 Å². The monoisotopic (exact) mass is 487 g/mol. The largest absolute Gasteiger partial charge is 0.494 e. The first-order chi connectivity index (χ1) is 16.9. The Morgan fingerprint density at radius 2 is 1.57 bits per heavy atom. The van der Waals surface area contributed by atoms with Crippen molar-refractivity contribution in [3.8, 4) is 5.75 Å². The van der Waals surface area contributed by atoms with Crippen LogP contribution in [-0.2, 0) is 10.0 Å². The predicted molar refractivity (Wildman–Crippen MR) is 138 cm³/mol. The van der Waals surface area contributed by atoms with Crippen LogP contribution < -0.4 is 14.9 Å². The van der Waals surface area contributed by atoms with Gasteiger partial charge in [-0.2, -0.15) is 5.10 Å². The van der Waals surface area contributed by atoms with E-state index in [1.54, 1.807) is 12.1 Å². The second-order valence-corrected chi connectivity index (χ2v) is 9.43. The number of nitrogens with zero attached hydrogens (tertiary/aromatic N) is 1. The lowest BCUT2D eigenvalue weighted by atomic mass is 10.0. The molecule has 0 aliphatic rings. The number of sulfonamides is 1. The molecule has 0 aliphatic carbocycles. The summed E-state index contributed by atoms with van der Waals surface area (Å²) >= 11 is 0. The van der Waals surface area contributed by atoms with E-state index in [0.29, 0.717) is 29.3 Å². The first-order valence-corrected chi connectivity index (χ1v) is 12.5. The summed E-state index contributed by atoms with van der Waals surface area (Å²) in [6.07, 6.45) is 0. The number of fused-ring (bicyclic) bond motifs is 1. The van der Waals surface area contributed by atoms with Gasteiger partial charge in [0.2, 0.25) is 0 Å². The summed E-state index contributed by atoms with van der Waals surface area (Å²) in [7, 11) is -3.78. The molecule has 0 aromatic heterocycles. The number of carbonyl (C=O) groups is 1. The second kappa shape index (κ2) is 10.4. The van der Waals surface area contributed by atoms with E-state index < -0.39 is 15.9 Å². The molecule has 8 heteroatoms. The summed E-state index contributed by atoms with van der Waals surface area (Å²) < 4.78 is 33.1. The maximum absolute atomic E-state index is 12.6. The molecule has 0 radical (unpaired) electrons. The number of hydrogen-bond donors (Lipinski definition) is 2. The number of hydrogen-bond acceptors (Lipinski definition) is 5. The molecule has 0 unspecified atom stereocenters. The number of hydrazone groups is 1. The van der Waals surface area contributed by atoms with Crippen LogP contribution in [0.2, 0.25) is 0 Å². The number of amides is 1. The molecule has 2 N–H and O–H groups in total. The highest BCUT2D eigenvalue weighted by molar-refractivity contribution is 7.92. The molecule has 4 aromatic rings. The van der Waals surface area contributed by atoms with E-state index in [1.807, 2.05) is 56.3 Å². The Morgan fingerprint density at radius 3 is 2.29 bits per heavy atom. The minimum atomic E-state index is -3.78. The third-order valence-corrected chi connectivity index (χ3v) is 6.75. The SMILES string of the molecule is CCOc1ccc(S(=O)(=O)Nc2ccc(C(=O)N/N=C(/C)c3cccc4ccccc34)cc2)cc1.